The molecule has 0 atom stereocenters. The lowest BCUT2D eigenvalue weighted by Crippen LogP contribution is -2.50. The van der Waals surface area contributed by atoms with Gasteiger partial charge in [0.1, 0.15) is 0 Å². The van der Waals surface area contributed by atoms with E-state index in [4.69, 9.17) is 15.6 Å². The molecule has 1 amide bonds. The minimum absolute atomic E-state index is 0.0318. The molecular weight excluding hydrogens is 208 g/mol. The van der Waals surface area contributed by atoms with Gasteiger partial charge >= 0.3 is 0 Å². The van der Waals surface area contributed by atoms with Crippen LogP contribution in [0.25, 0.3) is 0 Å². The van der Waals surface area contributed by atoms with Crippen LogP contribution in [-0.2, 0) is 9.53 Å². The standard InChI is InChI=1S/C11H22N2O3/c12-11(3-1-4-11)9-10(15)13-5-2-7-16-8-6-14/h14H,1-9,12H2,(H,13,15). The Morgan fingerprint density at radius 1 is 1.44 bits per heavy atom. The van der Waals surface area contributed by atoms with Gasteiger partial charge in [-0.1, -0.05) is 0 Å². The van der Waals surface area contributed by atoms with Gasteiger partial charge < -0.3 is 20.9 Å². The summed E-state index contributed by atoms with van der Waals surface area (Å²) in [6.45, 7) is 1.58. The van der Waals surface area contributed by atoms with Gasteiger partial charge in [-0.15, -0.1) is 0 Å². The van der Waals surface area contributed by atoms with Crippen LogP contribution in [0.2, 0.25) is 0 Å². The fourth-order valence-corrected chi connectivity index (χ4v) is 1.76. The summed E-state index contributed by atoms with van der Waals surface area (Å²) >= 11 is 0. The van der Waals surface area contributed by atoms with Crippen LogP contribution in [-0.4, -0.2) is 42.9 Å². The monoisotopic (exact) mass is 230 g/mol. The zero-order chi connectivity index (χ0) is 11.9. The molecule has 0 radical (unpaired) electrons. The summed E-state index contributed by atoms with van der Waals surface area (Å²) in [7, 11) is 0. The molecule has 0 saturated heterocycles. The highest BCUT2D eigenvalue weighted by Crippen LogP contribution is 2.31. The largest absolute Gasteiger partial charge is 0.394 e. The van der Waals surface area contributed by atoms with E-state index in [1.807, 2.05) is 0 Å². The van der Waals surface area contributed by atoms with Crippen LogP contribution >= 0.6 is 0 Å². The van der Waals surface area contributed by atoms with Crippen molar-refractivity contribution >= 4 is 5.91 Å². The van der Waals surface area contributed by atoms with Crippen LogP contribution < -0.4 is 11.1 Å². The van der Waals surface area contributed by atoms with Crippen LogP contribution in [0.4, 0.5) is 0 Å². The second-order valence-corrected chi connectivity index (χ2v) is 4.43. The number of ether oxygens (including phenoxy) is 1. The number of carbonyl (C=O) groups is 1. The first-order chi connectivity index (χ1) is 7.66. The lowest BCUT2D eigenvalue weighted by molar-refractivity contribution is -0.123. The maximum atomic E-state index is 11.5. The molecule has 1 fully saturated rings. The van der Waals surface area contributed by atoms with Gasteiger partial charge in [0.2, 0.25) is 5.91 Å². The molecule has 1 aliphatic rings. The van der Waals surface area contributed by atoms with E-state index < -0.39 is 0 Å². The molecule has 0 unspecified atom stereocenters. The van der Waals surface area contributed by atoms with Crippen molar-refractivity contribution in [1.82, 2.24) is 5.32 Å². The molecule has 94 valence electrons. The van der Waals surface area contributed by atoms with E-state index >= 15 is 0 Å². The quantitative estimate of drug-likeness (QED) is 0.503. The summed E-state index contributed by atoms with van der Waals surface area (Å²) < 4.78 is 5.07. The van der Waals surface area contributed by atoms with Gasteiger partial charge in [0, 0.05) is 25.1 Å². The zero-order valence-electron chi connectivity index (χ0n) is 9.71. The topological polar surface area (TPSA) is 84.6 Å². The third-order valence-electron chi connectivity index (χ3n) is 2.89. The Kier molecular flexibility index (Phi) is 5.73. The highest BCUT2D eigenvalue weighted by Gasteiger charge is 2.34. The summed E-state index contributed by atoms with van der Waals surface area (Å²) in [4.78, 5) is 11.5. The third kappa shape index (κ3) is 4.92. The third-order valence-corrected chi connectivity index (χ3v) is 2.89. The first-order valence-electron chi connectivity index (χ1n) is 5.90. The van der Waals surface area contributed by atoms with Gasteiger partial charge in [-0.3, -0.25) is 4.79 Å². The number of aliphatic hydroxyl groups is 1. The molecule has 0 aromatic rings. The maximum Gasteiger partial charge on any atom is 0.221 e. The number of nitrogens with two attached hydrogens (primary N) is 1. The molecule has 0 aromatic carbocycles. The van der Waals surface area contributed by atoms with Crippen LogP contribution in [0.3, 0.4) is 0 Å². The van der Waals surface area contributed by atoms with Gasteiger partial charge in [0.25, 0.3) is 0 Å². The predicted molar refractivity (Wildman–Crippen MR) is 60.9 cm³/mol. The fourth-order valence-electron chi connectivity index (χ4n) is 1.76. The van der Waals surface area contributed by atoms with Gasteiger partial charge in [0.15, 0.2) is 0 Å². The van der Waals surface area contributed by atoms with Crippen molar-refractivity contribution in [1.29, 1.82) is 0 Å². The zero-order valence-corrected chi connectivity index (χ0v) is 9.71. The molecule has 0 heterocycles. The number of hydrogen-bond donors (Lipinski definition) is 3. The van der Waals surface area contributed by atoms with Gasteiger partial charge in [-0.25, -0.2) is 0 Å². The van der Waals surface area contributed by atoms with E-state index in [9.17, 15) is 4.79 Å². The first-order valence-corrected chi connectivity index (χ1v) is 5.90. The van der Waals surface area contributed by atoms with Gasteiger partial charge in [0.05, 0.1) is 13.2 Å². The number of amides is 1. The number of aliphatic hydroxyl groups excluding tert-OH is 1. The Balaban J connectivity index is 1.94. The molecule has 0 aromatic heterocycles. The Bertz CT molecular complexity index is 217. The molecule has 0 bridgehead atoms. The summed E-state index contributed by atoms with van der Waals surface area (Å²) in [5.41, 5.74) is 5.72. The van der Waals surface area contributed by atoms with E-state index in [-0.39, 0.29) is 18.1 Å². The Morgan fingerprint density at radius 3 is 2.75 bits per heavy atom. The predicted octanol–water partition coefficient (Wildman–Crippen LogP) is -0.227. The SMILES string of the molecule is NC1(CC(=O)NCCCOCCO)CCC1. The van der Waals surface area contributed by atoms with E-state index in [1.165, 1.54) is 0 Å². The smallest absolute Gasteiger partial charge is 0.221 e. The summed E-state index contributed by atoms with van der Waals surface area (Å²) in [6.07, 6.45) is 4.26. The van der Waals surface area contributed by atoms with E-state index in [0.29, 0.717) is 26.2 Å². The first kappa shape index (κ1) is 13.4. The van der Waals surface area contributed by atoms with E-state index in [2.05, 4.69) is 5.32 Å². The van der Waals surface area contributed by atoms with Crippen molar-refractivity contribution in [2.24, 2.45) is 5.73 Å². The Labute approximate surface area is 96.3 Å². The summed E-state index contributed by atoms with van der Waals surface area (Å²) in [5.74, 6) is 0.0318. The van der Waals surface area contributed by atoms with Crippen molar-refractivity contribution in [3.05, 3.63) is 0 Å². The number of rotatable bonds is 8. The highest BCUT2D eigenvalue weighted by molar-refractivity contribution is 5.77. The van der Waals surface area contributed by atoms with Crippen LogP contribution in [0, 0.1) is 0 Å². The van der Waals surface area contributed by atoms with Gasteiger partial charge in [-0.2, -0.15) is 0 Å². The molecule has 0 spiro atoms. The molecule has 5 heteroatoms. The number of nitrogens with one attached hydrogen (secondary N) is 1. The highest BCUT2D eigenvalue weighted by atomic mass is 16.5. The van der Waals surface area contributed by atoms with Gasteiger partial charge in [-0.05, 0) is 25.7 Å². The molecule has 5 nitrogen and oxygen atoms in total. The fraction of sp³-hybridized carbons (Fsp3) is 0.909. The molecular formula is C11H22N2O3. The molecule has 16 heavy (non-hydrogen) atoms. The molecule has 1 rings (SSSR count). The summed E-state index contributed by atoms with van der Waals surface area (Å²) in [6, 6.07) is 0. The normalized spacial score (nSPS) is 17.9. The molecule has 0 aliphatic heterocycles. The van der Waals surface area contributed by atoms with Crippen LogP contribution in [0.15, 0.2) is 0 Å². The van der Waals surface area contributed by atoms with Crippen LogP contribution in [0.1, 0.15) is 32.1 Å². The summed E-state index contributed by atoms with van der Waals surface area (Å²) in [5, 5.41) is 11.3. The van der Waals surface area contributed by atoms with E-state index in [0.717, 1.165) is 25.7 Å². The van der Waals surface area contributed by atoms with Crippen molar-refractivity contribution in [3.63, 3.8) is 0 Å². The molecule has 1 saturated carbocycles. The van der Waals surface area contributed by atoms with Crippen molar-refractivity contribution in [3.8, 4) is 0 Å². The lowest BCUT2D eigenvalue weighted by Gasteiger charge is -2.37. The van der Waals surface area contributed by atoms with E-state index in [1.54, 1.807) is 0 Å². The number of carbonyl (C=O) groups excluding carboxylic acids is 1. The minimum Gasteiger partial charge on any atom is -0.394 e. The molecule has 4 N–H and O–H groups in total. The van der Waals surface area contributed by atoms with Crippen molar-refractivity contribution in [2.75, 3.05) is 26.4 Å². The Hall–Kier alpha value is -0.650. The lowest BCUT2D eigenvalue weighted by atomic mass is 9.75. The molecule has 1 aliphatic carbocycles. The van der Waals surface area contributed by atoms with Crippen LogP contribution in [0.5, 0.6) is 0 Å². The maximum absolute atomic E-state index is 11.5. The van der Waals surface area contributed by atoms with Crippen molar-refractivity contribution < 1.29 is 14.6 Å². The Morgan fingerprint density at radius 2 is 2.19 bits per heavy atom. The average Bonchev–Trinajstić information content (AvgIpc) is 2.21. The number of hydrogen-bond acceptors (Lipinski definition) is 4. The second-order valence-electron chi connectivity index (χ2n) is 4.43. The van der Waals surface area contributed by atoms with Crippen molar-refractivity contribution in [2.45, 2.75) is 37.6 Å². The average molecular weight is 230 g/mol. The minimum atomic E-state index is -0.239. The second kappa shape index (κ2) is 6.83.